The standard InChI is InChI=1S/C17H16N2O4S/c1-21-16(20)13-10-11-15(19-6-8-22-9-7-19)18-12-4-2-3-5-14(12)24-17(11)23-13/h2-5,10H,6-9H2,1H3. The number of amidine groups is 1. The van der Waals surface area contributed by atoms with Crippen LogP contribution in [0.15, 0.2) is 49.7 Å². The van der Waals surface area contributed by atoms with E-state index in [1.807, 2.05) is 24.3 Å². The molecule has 0 spiro atoms. The molecule has 2 aromatic rings. The quantitative estimate of drug-likeness (QED) is 0.741. The number of ether oxygens (including phenoxy) is 2. The summed E-state index contributed by atoms with van der Waals surface area (Å²) in [5.41, 5.74) is 1.72. The van der Waals surface area contributed by atoms with Crippen molar-refractivity contribution in [3.63, 3.8) is 0 Å². The summed E-state index contributed by atoms with van der Waals surface area (Å²) in [5, 5.41) is 0.658. The topological polar surface area (TPSA) is 64.3 Å². The molecule has 1 fully saturated rings. The summed E-state index contributed by atoms with van der Waals surface area (Å²) < 4.78 is 16.0. The highest BCUT2D eigenvalue weighted by Crippen LogP contribution is 2.42. The number of nitrogens with zero attached hydrogens (tertiary/aromatic N) is 2. The van der Waals surface area contributed by atoms with Gasteiger partial charge in [0.15, 0.2) is 5.09 Å². The molecule has 1 aromatic carbocycles. The van der Waals surface area contributed by atoms with Gasteiger partial charge >= 0.3 is 5.97 Å². The van der Waals surface area contributed by atoms with Crippen LogP contribution in [0.25, 0.3) is 0 Å². The average molecular weight is 344 g/mol. The van der Waals surface area contributed by atoms with E-state index in [2.05, 4.69) is 4.90 Å². The summed E-state index contributed by atoms with van der Waals surface area (Å²) in [4.78, 5) is 19.9. The monoisotopic (exact) mass is 344 g/mol. The van der Waals surface area contributed by atoms with Crippen LogP contribution in [0.1, 0.15) is 16.1 Å². The van der Waals surface area contributed by atoms with Gasteiger partial charge in [0.25, 0.3) is 0 Å². The summed E-state index contributed by atoms with van der Waals surface area (Å²) >= 11 is 1.47. The molecule has 3 heterocycles. The summed E-state index contributed by atoms with van der Waals surface area (Å²) in [7, 11) is 1.34. The molecule has 6 nitrogen and oxygen atoms in total. The Bertz CT molecular complexity index is 809. The molecule has 0 unspecified atom stereocenters. The predicted molar refractivity (Wildman–Crippen MR) is 89.2 cm³/mol. The lowest BCUT2D eigenvalue weighted by atomic mass is 10.2. The van der Waals surface area contributed by atoms with Gasteiger partial charge in [0.1, 0.15) is 5.84 Å². The van der Waals surface area contributed by atoms with Gasteiger partial charge in [-0.15, -0.1) is 0 Å². The molecule has 1 aromatic heterocycles. The molecule has 0 saturated carbocycles. The maximum atomic E-state index is 11.8. The van der Waals surface area contributed by atoms with Crippen LogP contribution in [0.2, 0.25) is 0 Å². The Morgan fingerprint density at radius 3 is 2.88 bits per heavy atom. The van der Waals surface area contributed by atoms with E-state index in [0.29, 0.717) is 18.3 Å². The van der Waals surface area contributed by atoms with Gasteiger partial charge in [0, 0.05) is 24.1 Å². The average Bonchev–Trinajstić information content (AvgIpc) is 2.98. The van der Waals surface area contributed by atoms with Crippen LogP contribution in [0.3, 0.4) is 0 Å². The first-order valence-electron chi connectivity index (χ1n) is 7.67. The first-order valence-corrected chi connectivity index (χ1v) is 8.48. The minimum atomic E-state index is -0.488. The highest BCUT2D eigenvalue weighted by Gasteiger charge is 2.28. The van der Waals surface area contributed by atoms with Crippen LogP contribution in [0.5, 0.6) is 0 Å². The van der Waals surface area contributed by atoms with Crippen LogP contribution >= 0.6 is 11.8 Å². The fourth-order valence-corrected chi connectivity index (χ4v) is 3.69. The highest BCUT2D eigenvalue weighted by molar-refractivity contribution is 7.99. The van der Waals surface area contributed by atoms with E-state index in [9.17, 15) is 4.79 Å². The van der Waals surface area contributed by atoms with Crippen molar-refractivity contribution in [2.24, 2.45) is 4.99 Å². The SMILES string of the molecule is COC(=O)c1cc2c(o1)Sc1ccccc1N=C2N1CCOCC1. The van der Waals surface area contributed by atoms with Crippen molar-refractivity contribution in [3.05, 3.63) is 41.7 Å². The van der Waals surface area contributed by atoms with E-state index in [4.69, 9.17) is 18.9 Å². The molecule has 0 atom stereocenters. The molecule has 4 rings (SSSR count). The summed E-state index contributed by atoms with van der Waals surface area (Å²) in [5.74, 6) is 0.512. The van der Waals surface area contributed by atoms with Crippen LogP contribution < -0.4 is 0 Å². The van der Waals surface area contributed by atoms with Crippen LogP contribution in [0.4, 0.5) is 5.69 Å². The van der Waals surface area contributed by atoms with Crippen molar-refractivity contribution < 1.29 is 18.7 Å². The fraction of sp³-hybridized carbons (Fsp3) is 0.294. The van der Waals surface area contributed by atoms with Gasteiger partial charge < -0.3 is 18.8 Å². The molecule has 7 heteroatoms. The third-order valence-corrected chi connectivity index (χ3v) is 4.98. The molecule has 1 saturated heterocycles. The smallest absolute Gasteiger partial charge is 0.374 e. The fourth-order valence-electron chi connectivity index (χ4n) is 2.73. The number of hydrogen-bond donors (Lipinski definition) is 0. The highest BCUT2D eigenvalue weighted by atomic mass is 32.2. The normalized spacial score (nSPS) is 16.7. The Hall–Kier alpha value is -2.25. The van der Waals surface area contributed by atoms with Crippen molar-refractivity contribution in [1.29, 1.82) is 0 Å². The van der Waals surface area contributed by atoms with Gasteiger partial charge in [-0.3, -0.25) is 0 Å². The number of hydrogen-bond acceptors (Lipinski definition) is 7. The number of benzene rings is 1. The number of aliphatic imine (C=N–C) groups is 1. The second-order valence-electron chi connectivity index (χ2n) is 5.41. The van der Waals surface area contributed by atoms with E-state index in [-0.39, 0.29) is 5.76 Å². The number of para-hydroxylation sites is 1. The number of methoxy groups -OCH3 is 1. The number of furan rings is 1. The molecule has 124 valence electrons. The minimum absolute atomic E-state index is 0.190. The van der Waals surface area contributed by atoms with E-state index in [0.717, 1.165) is 35.1 Å². The minimum Gasteiger partial charge on any atom is -0.463 e. The third kappa shape index (κ3) is 2.70. The number of morpholine rings is 1. The molecule has 0 radical (unpaired) electrons. The largest absolute Gasteiger partial charge is 0.463 e. The molecule has 0 N–H and O–H groups in total. The lowest BCUT2D eigenvalue weighted by Gasteiger charge is -2.29. The maximum absolute atomic E-state index is 11.8. The zero-order valence-electron chi connectivity index (χ0n) is 13.2. The molecule has 0 bridgehead atoms. The molecular weight excluding hydrogens is 328 g/mol. The zero-order chi connectivity index (χ0) is 16.5. The summed E-state index contributed by atoms with van der Waals surface area (Å²) in [6.45, 7) is 2.82. The van der Waals surface area contributed by atoms with E-state index in [1.54, 1.807) is 6.07 Å². The van der Waals surface area contributed by atoms with Crippen molar-refractivity contribution in [1.82, 2.24) is 4.90 Å². The van der Waals surface area contributed by atoms with Gasteiger partial charge in [0.2, 0.25) is 5.76 Å². The van der Waals surface area contributed by atoms with E-state index in [1.165, 1.54) is 18.9 Å². The van der Waals surface area contributed by atoms with Crippen LogP contribution in [-0.4, -0.2) is 50.1 Å². The van der Waals surface area contributed by atoms with Crippen molar-refractivity contribution in [2.45, 2.75) is 9.99 Å². The Balaban J connectivity index is 1.84. The zero-order valence-corrected chi connectivity index (χ0v) is 14.0. The van der Waals surface area contributed by atoms with Crippen LogP contribution in [0, 0.1) is 0 Å². The van der Waals surface area contributed by atoms with Gasteiger partial charge in [-0.25, -0.2) is 9.79 Å². The second kappa shape index (κ2) is 6.33. The Morgan fingerprint density at radius 1 is 1.29 bits per heavy atom. The van der Waals surface area contributed by atoms with E-state index < -0.39 is 5.97 Å². The first kappa shape index (κ1) is 15.3. The number of esters is 1. The predicted octanol–water partition coefficient (Wildman–Crippen LogP) is 2.94. The molecule has 24 heavy (non-hydrogen) atoms. The molecule has 2 aliphatic rings. The van der Waals surface area contributed by atoms with Gasteiger partial charge in [0.05, 0.1) is 31.6 Å². The molecule has 2 aliphatic heterocycles. The van der Waals surface area contributed by atoms with Crippen molar-refractivity contribution >= 4 is 29.3 Å². The van der Waals surface area contributed by atoms with Crippen molar-refractivity contribution in [2.75, 3.05) is 33.4 Å². The van der Waals surface area contributed by atoms with Gasteiger partial charge in [-0.05, 0) is 23.9 Å². The molecule has 0 aliphatic carbocycles. The third-order valence-electron chi connectivity index (χ3n) is 3.93. The number of carbonyl (C=O) groups excluding carboxylic acids is 1. The number of carbonyl (C=O) groups is 1. The first-order chi connectivity index (χ1) is 11.8. The lowest BCUT2D eigenvalue weighted by Crippen LogP contribution is -2.41. The van der Waals surface area contributed by atoms with E-state index >= 15 is 0 Å². The number of rotatable bonds is 1. The van der Waals surface area contributed by atoms with Gasteiger partial charge in [-0.1, -0.05) is 12.1 Å². The molecular formula is C17H16N2O4S. The second-order valence-corrected chi connectivity index (χ2v) is 6.42. The van der Waals surface area contributed by atoms with Gasteiger partial charge in [-0.2, -0.15) is 0 Å². The Morgan fingerprint density at radius 2 is 2.08 bits per heavy atom. The van der Waals surface area contributed by atoms with Crippen molar-refractivity contribution in [3.8, 4) is 0 Å². The summed E-state index contributed by atoms with van der Waals surface area (Å²) in [6, 6.07) is 9.62. The summed E-state index contributed by atoms with van der Waals surface area (Å²) in [6.07, 6.45) is 0. The Labute approximate surface area is 143 Å². The maximum Gasteiger partial charge on any atom is 0.374 e. The Kier molecular flexibility index (Phi) is 4.03. The number of fused-ring (bicyclic) bond motifs is 2. The lowest BCUT2D eigenvalue weighted by molar-refractivity contribution is 0.0559. The van der Waals surface area contributed by atoms with Crippen LogP contribution in [-0.2, 0) is 9.47 Å². The molecule has 0 amide bonds.